The number of hydrogen-bond acceptors (Lipinski definition) is 2. The van der Waals surface area contributed by atoms with E-state index >= 15 is 0 Å². The number of amides is 2. The molecule has 2 fully saturated rings. The zero-order valence-electron chi connectivity index (χ0n) is 12.1. The number of aliphatic carboxylic acids is 1. The Labute approximate surface area is 120 Å². The summed E-state index contributed by atoms with van der Waals surface area (Å²) in [6.07, 6.45) is 9.45. The second-order valence-electron chi connectivity index (χ2n) is 6.11. The minimum atomic E-state index is -0.823. The average Bonchev–Trinajstić information content (AvgIpc) is 3.04. The molecule has 0 aromatic heterocycles. The highest BCUT2D eigenvalue weighted by Gasteiger charge is 2.30. The average molecular weight is 282 g/mol. The summed E-state index contributed by atoms with van der Waals surface area (Å²) in [6, 6.07) is -0.206. The van der Waals surface area contributed by atoms with Crippen LogP contribution in [-0.2, 0) is 4.79 Å². The van der Waals surface area contributed by atoms with Crippen LogP contribution in [0.25, 0.3) is 0 Å². The maximum absolute atomic E-state index is 12.1. The van der Waals surface area contributed by atoms with Crippen molar-refractivity contribution in [3.8, 4) is 0 Å². The van der Waals surface area contributed by atoms with Gasteiger partial charge in [-0.25, -0.2) is 4.79 Å². The van der Waals surface area contributed by atoms with Gasteiger partial charge in [0.2, 0.25) is 0 Å². The van der Waals surface area contributed by atoms with Crippen LogP contribution in [0, 0.1) is 5.92 Å². The lowest BCUT2D eigenvalue weighted by atomic mass is 10.0. The van der Waals surface area contributed by atoms with E-state index in [-0.39, 0.29) is 18.5 Å². The first kappa shape index (κ1) is 15.1. The maximum atomic E-state index is 12.1. The normalized spacial score (nSPS) is 23.2. The van der Waals surface area contributed by atoms with E-state index in [0.717, 1.165) is 25.2 Å². The van der Waals surface area contributed by atoms with Gasteiger partial charge in [0.05, 0.1) is 6.42 Å². The van der Waals surface area contributed by atoms with Crippen molar-refractivity contribution in [1.29, 1.82) is 0 Å². The molecule has 0 radical (unpaired) electrons. The third-order valence-electron chi connectivity index (χ3n) is 4.59. The van der Waals surface area contributed by atoms with E-state index < -0.39 is 5.97 Å². The second-order valence-corrected chi connectivity index (χ2v) is 6.11. The van der Waals surface area contributed by atoms with Crippen molar-refractivity contribution in [1.82, 2.24) is 10.2 Å². The molecule has 0 spiro atoms. The van der Waals surface area contributed by atoms with Gasteiger partial charge in [0.1, 0.15) is 0 Å². The monoisotopic (exact) mass is 282 g/mol. The number of rotatable bonds is 6. The van der Waals surface area contributed by atoms with Crippen molar-refractivity contribution in [2.45, 2.75) is 63.8 Å². The summed E-state index contributed by atoms with van der Waals surface area (Å²) in [5.41, 5.74) is 0. The molecular weight excluding hydrogens is 256 g/mol. The van der Waals surface area contributed by atoms with Crippen LogP contribution in [0.4, 0.5) is 4.79 Å². The van der Waals surface area contributed by atoms with E-state index in [2.05, 4.69) is 5.32 Å². The Morgan fingerprint density at radius 2 is 1.90 bits per heavy atom. The Morgan fingerprint density at radius 1 is 1.15 bits per heavy atom. The fourth-order valence-electron chi connectivity index (χ4n) is 3.50. The third-order valence-corrected chi connectivity index (χ3v) is 4.59. The smallest absolute Gasteiger partial charge is 0.317 e. The molecule has 1 aliphatic heterocycles. The number of carboxylic acids is 1. The number of carbonyl (C=O) groups excluding carboxylic acids is 1. The minimum Gasteiger partial charge on any atom is -0.481 e. The van der Waals surface area contributed by atoms with Gasteiger partial charge in [-0.05, 0) is 31.6 Å². The molecule has 1 heterocycles. The van der Waals surface area contributed by atoms with Crippen molar-refractivity contribution >= 4 is 12.0 Å². The Balaban J connectivity index is 1.64. The van der Waals surface area contributed by atoms with Crippen LogP contribution in [0.15, 0.2) is 0 Å². The molecule has 2 aliphatic rings. The van der Waals surface area contributed by atoms with Crippen molar-refractivity contribution in [2.24, 2.45) is 5.92 Å². The highest BCUT2D eigenvalue weighted by atomic mass is 16.4. The predicted octanol–water partition coefficient (Wildman–Crippen LogP) is 2.61. The number of likely N-dealkylation sites (tertiary alicyclic amines) is 1. The predicted molar refractivity (Wildman–Crippen MR) is 76.6 cm³/mol. The molecule has 5 heteroatoms. The van der Waals surface area contributed by atoms with Crippen LogP contribution in [0.5, 0.6) is 0 Å². The van der Waals surface area contributed by atoms with Crippen LogP contribution in [0.1, 0.15) is 57.8 Å². The molecule has 1 atom stereocenters. The van der Waals surface area contributed by atoms with Gasteiger partial charge in [0.15, 0.2) is 0 Å². The van der Waals surface area contributed by atoms with E-state index in [4.69, 9.17) is 5.11 Å². The zero-order valence-corrected chi connectivity index (χ0v) is 12.1. The molecule has 2 N–H and O–H groups in total. The third kappa shape index (κ3) is 4.39. The summed E-state index contributed by atoms with van der Waals surface area (Å²) < 4.78 is 0. The molecule has 0 aromatic carbocycles. The number of urea groups is 1. The van der Waals surface area contributed by atoms with Crippen molar-refractivity contribution in [2.75, 3.05) is 13.1 Å². The van der Waals surface area contributed by atoms with Crippen LogP contribution >= 0.6 is 0 Å². The van der Waals surface area contributed by atoms with Crippen LogP contribution in [0.3, 0.4) is 0 Å². The SMILES string of the molecule is O=C(O)CC1CCCN1C(=O)NCCCC1CCCC1. The van der Waals surface area contributed by atoms with Gasteiger partial charge in [0, 0.05) is 19.1 Å². The van der Waals surface area contributed by atoms with E-state index in [9.17, 15) is 9.59 Å². The van der Waals surface area contributed by atoms with Gasteiger partial charge >= 0.3 is 12.0 Å². The van der Waals surface area contributed by atoms with E-state index in [1.165, 1.54) is 32.1 Å². The molecular formula is C15H26N2O3. The fraction of sp³-hybridized carbons (Fsp3) is 0.867. The second kappa shape index (κ2) is 7.50. The summed E-state index contributed by atoms with van der Waals surface area (Å²) in [7, 11) is 0. The van der Waals surface area contributed by atoms with E-state index in [1.807, 2.05) is 0 Å². The molecule has 1 aliphatic carbocycles. The lowest BCUT2D eigenvalue weighted by Gasteiger charge is -2.24. The van der Waals surface area contributed by atoms with Crippen molar-refractivity contribution < 1.29 is 14.7 Å². The lowest BCUT2D eigenvalue weighted by molar-refractivity contribution is -0.137. The molecule has 0 bridgehead atoms. The van der Waals surface area contributed by atoms with Crippen LogP contribution < -0.4 is 5.32 Å². The van der Waals surface area contributed by atoms with Gasteiger partial charge in [-0.2, -0.15) is 0 Å². The summed E-state index contributed by atoms with van der Waals surface area (Å²) in [5, 5.41) is 11.8. The van der Waals surface area contributed by atoms with Gasteiger partial charge < -0.3 is 15.3 Å². The molecule has 1 saturated heterocycles. The van der Waals surface area contributed by atoms with E-state index in [0.29, 0.717) is 13.1 Å². The Hall–Kier alpha value is -1.26. The molecule has 2 amide bonds. The summed E-state index contributed by atoms with van der Waals surface area (Å²) in [6.45, 7) is 1.40. The highest BCUT2D eigenvalue weighted by molar-refractivity contribution is 5.76. The molecule has 114 valence electrons. The first-order valence-electron chi connectivity index (χ1n) is 7.93. The number of hydrogen-bond donors (Lipinski definition) is 2. The summed E-state index contributed by atoms with van der Waals surface area (Å²) in [5.74, 6) is 0.0365. The first-order chi connectivity index (χ1) is 9.66. The van der Waals surface area contributed by atoms with Gasteiger partial charge in [-0.3, -0.25) is 4.79 Å². The highest BCUT2D eigenvalue weighted by Crippen LogP contribution is 2.28. The molecule has 20 heavy (non-hydrogen) atoms. The number of carbonyl (C=O) groups is 2. The quantitative estimate of drug-likeness (QED) is 0.736. The minimum absolute atomic E-state index is 0.0650. The molecule has 1 saturated carbocycles. The summed E-state index contributed by atoms with van der Waals surface area (Å²) >= 11 is 0. The van der Waals surface area contributed by atoms with Gasteiger partial charge in [-0.15, -0.1) is 0 Å². The zero-order chi connectivity index (χ0) is 14.4. The topological polar surface area (TPSA) is 69.6 Å². The Bertz CT molecular complexity index is 340. The van der Waals surface area contributed by atoms with Crippen LogP contribution in [-0.4, -0.2) is 41.1 Å². The van der Waals surface area contributed by atoms with Crippen molar-refractivity contribution in [3.05, 3.63) is 0 Å². The number of carboxylic acid groups (broad SMARTS) is 1. The molecule has 1 unspecified atom stereocenters. The number of nitrogens with zero attached hydrogens (tertiary/aromatic N) is 1. The van der Waals surface area contributed by atoms with Gasteiger partial charge in [-0.1, -0.05) is 25.7 Å². The largest absolute Gasteiger partial charge is 0.481 e. The number of nitrogens with one attached hydrogen (secondary N) is 1. The van der Waals surface area contributed by atoms with E-state index in [1.54, 1.807) is 4.90 Å². The molecule has 2 rings (SSSR count). The molecule has 5 nitrogen and oxygen atoms in total. The summed E-state index contributed by atoms with van der Waals surface area (Å²) in [4.78, 5) is 24.5. The Kier molecular flexibility index (Phi) is 5.68. The van der Waals surface area contributed by atoms with Crippen LogP contribution in [0.2, 0.25) is 0 Å². The van der Waals surface area contributed by atoms with Crippen molar-refractivity contribution in [3.63, 3.8) is 0 Å². The lowest BCUT2D eigenvalue weighted by Crippen LogP contribution is -2.43. The molecule has 0 aromatic rings. The van der Waals surface area contributed by atoms with Gasteiger partial charge in [0.25, 0.3) is 0 Å². The standard InChI is InChI=1S/C15H26N2O3/c18-14(19)11-13-8-4-10-17(13)15(20)16-9-3-7-12-5-1-2-6-12/h12-13H,1-11H2,(H,16,20)(H,18,19). The fourth-order valence-corrected chi connectivity index (χ4v) is 3.50. The maximum Gasteiger partial charge on any atom is 0.317 e. The Morgan fingerprint density at radius 3 is 2.60 bits per heavy atom. The first-order valence-corrected chi connectivity index (χ1v) is 7.93.